The van der Waals surface area contributed by atoms with Crippen LogP contribution in [0, 0.1) is 0 Å². The molecule has 0 amide bonds. The monoisotopic (exact) mass is 163 g/mol. The average molecular weight is 163 g/mol. The van der Waals surface area contributed by atoms with Crippen LogP contribution in [0.15, 0.2) is 0 Å². The fourth-order valence-corrected chi connectivity index (χ4v) is 0.548. The topological polar surface area (TPSA) is 53.7 Å². The van der Waals surface area contributed by atoms with Gasteiger partial charge in [-0.2, -0.15) is 0 Å². The van der Waals surface area contributed by atoms with E-state index in [-0.39, 0.29) is 0 Å². The summed E-state index contributed by atoms with van der Waals surface area (Å²) in [5.41, 5.74) is 5.26. The van der Waals surface area contributed by atoms with Crippen molar-refractivity contribution in [2.75, 3.05) is 40.3 Å². The molecular weight excluding hydrogens is 146 g/mol. The molecule has 0 aromatic heterocycles. The maximum absolute atomic E-state index is 5.26. The Morgan fingerprint density at radius 3 is 2.45 bits per heavy atom. The molecule has 0 fully saturated rings. The Bertz CT molecular complexity index is 62.7. The van der Waals surface area contributed by atoms with E-state index < -0.39 is 0 Å². The molecule has 0 saturated heterocycles. The van der Waals surface area contributed by atoms with Crippen molar-refractivity contribution in [1.29, 1.82) is 0 Å². The highest BCUT2D eigenvalue weighted by molar-refractivity contribution is 4.35. The van der Waals surface area contributed by atoms with Crippen molar-refractivity contribution in [3.8, 4) is 0 Å². The Morgan fingerprint density at radius 1 is 1.09 bits per heavy atom. The molecule has 0 aliphatic rings. The SMILES string of the molecule is COCOCCOCCCN. The van der Waals surface area contributed by atoms with Crippen LogP contribution in [0.1, 0.15) is 6.42 Å². The molecule has 4 nitrogen and oxygen atoms in total. The van der Waals surface area contributed by atoms with Gasteiger partial charge in [-0.15, -0.1) is 0 Å². The lowest BCUT2D eigenvalue weighted by Crippen LogP contribution is -2.09. The van der Waals surface area contributed by atoms with E-state index in [1.807, 2.05) is 0 Å². The normalized spacial score (nSPS) is 10.4. The van der Waals surface area contributed by atoms with Crippen LogP contribution in [-0.2, 0) is 14.2 Å². The minimum absolute atomic E-state index is 0.334. The summed E-state index contributed by atoms with van der Waals surface area (Å²) in [7, 11) is 1.59. The first-order chi connectivity index (χ1) is 5.41. The van der Waals surface area contributed by atoms with Gasteiger partial charge in [-0.25, -0.2) is 0 Å². The Hall–Kier alpha value is -0.160. The lowest BCUT2D eigenvalue weighted by Gasteiger charge is -2.03. The summed E-state index contributed by atoms with van der Waals surface area (Å²) in [5, 5.41) is 0. The quantitative estimate of drug-likeness (QED) is 0.403. The predicted octanol–water partition coefficient (Wildman–Crippen LogP) is -0.0277. The van der Waals surface area contributed by atoms with E-state index in [9.17, 15) is 0 Å². The number of hydrogen-bond donors (Lipinski definition) is 1. The van der Waals surface area contributed by atoms with E-state index >= 15 is 0 Å². The maximum atomic E-state index is 5.26. The summed E-state index contributed by atoms with van der Waals surface area (Å²) in [6, 6.07) is 0. The minimum Gasteiger partial charge on any atom is -0.379 e. The van der Waals surface area contributed by atoms with E-state index in [1.165, 1.54) is 0 Å². The summed E-state index contributed by atoms with van der Waals surface area (Å²) >= 11 is 0. The lowest BCUT2D eigenvalue weighted by molar-refractivity contribution is -0.0507. The molecule has 2 N–H and O–H groups in total. The predicted molar refractivity (Wildman–Crippen MR) is 42.3 cm³/mol. The van der Waals surface area contributed by atoms with Crippen LogP contribution < -0.4 is 5.73 Å². The summed E-state index contributed by atoms with van der Waals surface area (Å²) in [6.07, 6.45) is 0.907. The summed E-state index contributed by atoms with van der Waals surface area (Å²) in [4.78, 5) is 0. The average Bonchev–Trinajstić information content (AvgIpc) is 2.03. The number of rotatable bonds is 8. The Kier molecular flexibility index (Phi) is 9.70. The zero-order chi connectivity index (χ0) is 8.36. The van der Waals surface area contributed by atoms with Crippen LogP contribution in [0.25, 0.3) is 0 Å². The van der Waals surface area contributed by atoms with Crippen molar-refractivity contribution in [3.63, 3.8) is 0 Å². The van der Waals surface area contributed by atoms with E-state index in [0.29, 0.717) is 33.2 Å². The second kappa shape index (κ2) is 9.84. The maximum Gasteiger partial charge on any atom is 0.146 e. The molecule has 68 valence electrons. The van der Waals surface area contributed by atoms with Gasteiger partial charge in [0.15, 0.2) is 0 Å². The first kappa shape index (κ1) is 10.8. The summed E-state index contributed by atoms with van der Waals surface area (Å²) in [5.74, 6) is 0. The molecule has 0 bridgehead atoms. The van der Waals surface area contributed by atoms with E-state index in [0.717, 1.165) is 6.42 Å². The van der Waals surface area contributed by atoms with Crippen molar-refractivity contribution in [2.45, 2.75) is 6.42 Å². The Morgan fingerprint density at radius 2 is 1.82 bits per heavy atom. The number of nitrogens with two attached hydrogens (primary N) is 1. The Labute approximate surface area is 67.6 Å². The molecule has 0 unspecified atom stereocenters. The van der Waals surface area contributed by atoms with Crippen LogP contribution in [-0.4, -0.2) is 40.3 Å². The van der Waals surface area contributed by atoms with E-state index in [4.69, 9.17) is 15.2 Å². The van der Waals surface area contributed by atoms with Crippen molar-refractivity contribution >= 4 is 0 Å². The first-order valence-electron chi connectivity index (χ1n) is 3.76. The van der Waals surface area contributed by atoms with Crippen LogP contribution in [0.2, 0.25) is 0 Å². The molecule has 4 heteroatoms. The molecule has 0 saturated carbocycles. The van der Waals surface area contributed by atoms with Gasteiger partial charge in [0.25, 0.3) is 0 Å². The smallest absolute Gasteiger partial charge is 0.146 e. The van der Waals surface area contributed by atoms with Gasteiger partial charge < -0.3 is 19.9 Å². The van der Waals surface area contributed by atoms with Crippen molar-refractivity contribution < 1.29 is 14.2 Å². The highest BCUT2D eigenvalue weighted by Gasteiger charge is 1.87. The van der Waals surface area contributed by atoms with Crippen LogP contribution >= 0.6 is 0 Å². The molecule has 0 aromatic carbocycles. The molecule has 11 heavy (non-hydrogen) atoms. The fourth-order valence-electron chi connectivity index (χ4n) is 0.548. The summed E-state index contributed by atoms with van der Waals surface area (Å²) < 4.78 is 14.8. The van der Waals surface area contributed by atoms with Crippen LogP contribution in [0.5, 0.6) is 0 Å². The van der Waals surface area contributed by atoms with Gasteiger partial charge in [0, 0.05) is 13.7 Å². The molecule has 0 heterocycles. The molecule has 0 radical (unpaired) electrons. The molecule has 0 aromatic rings. The second-order valence-corrected chi connectivity index (χ2v) is 2.07. The van der Waals surface area contributed by atoms with Gasteiger partial charge in [-0.1, -0.05) is 0 Å². The third kappa shape index (κ3) is 9.84. The zero-order valence-corrected chi connectivity index (χ0v) is 7.04. The summed E-state index contributed by atoms with van der Waals surface area (Å²) in [6.45, 7) is 2.92. The number of hydrogen-bond acceptors (Lipinski definition) is 4. The standard InChI is InChI=1S/C7H17NO3/c1-9-7-11-6-5-10-4-2-3-8/h2-8H2,1H3. The van der Waals surface area contributed by atoms with Crippen molar-refractivity contribution in [2.24, 2.45) is 5.73 Å². The van der Waals surface area contributed by atoms with Crippen molar-refractivity contribution in [1.82, 2.24) is 0 Å². The third-order valence-electron chi connectivity index (χ3n) is 1.07. The first-order valence-corrected chi connectivity index (χ1v) is 3.76. The molecule has 0 rings (SSSR count). The molecule has 0 aliphatic carbocycles. The number of methoxy groups -OCH3 is 1. The highest BCUT2D eigenvalue weighted by atomic mass is 16.7. The number of ether oxygens (including phenoxy) is 3. The molecule has 0 atom stereocenters. The third-order valence-corrected chi connectivity index (χ3v) is 1.07. The van der Waals surface area contributed by atoms with Gasteiger partial charge in [0.1, 0.15) is 6.79 Å². The van der Waals surface area contributed by atoms with E-state index in [1.54, 1.807) is 7.11 Å². The van der Waals surface area contributed by atoms with Crippen molar-refractivity contribution in [3.05, 3.63) is 0 Å². The molecular formula is C7H17NO3. The van der Waals surface area contributed by atoms with E-state index in [2.05, 4.69) is 4.74 Å². The Balaban J connectivity index is 2.69. The van der Waals surface area contributed by atoms with Gasteiger partial charge in [0.05, 0.1) is 13.2 Å². The van der Waals surface area contributed by atoms with Crippen LogP contribution in [0.3, 0.4) is 0 Å². The molecule has 0 aliphatic heterocycles. The largest absolute Gasteiger partial charge is 0.379 e. The van der Waals surface area contributed by atoms with Gasteiger partial charge in [-0.3, -0.25) is 0 Å². The second-order valence-electron chi connectivity index (χ2n) is 2.07. The van der Waals surface area contributed by atoms with Crippen LogP contribution in [0.4, 0.5) is 0 Å². The fraction of sp³-hybridized carbons (Fsp3) is 1.00. The lowest BCUT2D eigenvalue weighted by atomic mass is 10.5. The van der Waals surface area contributed by atoms with Gasteiger partial charge >= 0.3 is 0 Å². The zero-order valence-electron chi connectivity index (χ0n) is 7.04. The molecule has 0 spiro atoms. The minimum atomic E-state index is 0.334. The van der Waals surface area contributed by atoms with Gasteiger partial charge in [0.2, 0.25) is 0 Å². The highest BCUT2D eigenvalue weighted by Crippen LogP contribution is 1.81. The van der Waals surface area contributed by atoms with Gasteiger partial charge in [-0.05, 0) is 13.0 Å².